The summed E-state index contributed by atoms with van der Waals surface area (Å²) in [5.74, 6) is 3.59. The topological polar surface area (TPSA) is 123 Å². The highest BCUT2D eigenvalue weighted by atomic mass is 32.2. The zero-order chi connectivity index (χ0) is 26.2. The van der Waals surface area contributed by atoms with Crippen molar-refractivity contribution in [2.45, 2.75) is 75.8 Å². The van der Waals surface area contributed by atoms with Crippen molar-refractivity contribution < 1.29 is 17.9 Å². The molecule has 11 heteroatoms. The molecule has 3 heterocycles. The normalized spacial score (nSPS) is 15.6. The van der Waals surface area contributed by atoms with E-state index < -0.39 is 29.5 Å². The van der Waals surface area contributed by atoms with Gasteiger partial charge in [-0.1, -0.05) is 47.5 Å². The standard InChI is InChI=1S/C24H35N5O4SSi/c1-15(2)35(16(3)4,17(5)6)10-9-18-11-20(27-22(30)29-24(7)13-33-14-24)26-21-19(18)12-25-23(28-21)34(8,31)32/h11-12,15-17H,13-14H2,1-8H3,(H2,25,26,27,28,29,30). The third-order valence-electron chi connectivity index (χ3n) is 6.65. The van der Waals surface area contributed by atoms with Gasteiger partial charge in [-0.2, -0.15) is 4.98 Å². The molecule has 0 radical (unpaired) electrons. The van der Waals surface area contributed by atoms with Crippen molar-refractivity contribution in [3.05, 3.63) is 17.8 Å². The highest BCUT2D eigenvalue weighted by Gasteiger charge is 2.41. The van der Waals surface area contributed by atoms with Crippen LogP contribution in [0.25, 0.3) is 11.0 Å². The van der Waals surface area contributed by atoms with Crippen LogP contribution in [-0.4, -0.2) is 62.5 Å². The first-order valence-corrected chi connectivity index (χ1v) is 15.9. The van der Waals surface area contributed by atoms with Crippen LogP contribution in [0.2, 0.25) is 16.6 Å². The van der Waals surface area contributed by atoms with E-state index in [1.165, 1.54) is 6.20 Å². The first-order chi connectivity index (χ1) is 16.2. The van der Waals surface area contributed by atoms with E-state index in [-0.39, 0.29) is 16.6 Å². The van der Waals surface area contributed by atoms with Crippen molar-refractivity contribution in [3.63, 3.8) is 0 Å². The average molecular weight is 518 g/mol. The zero-order valence-electron chi connectivity index (χ0n) is 21.7. The Morgan fingerprint density at radius 2 is 1.71 bits per heavy atom. The molecule has 1 saturated heterocycles. The van der Waals surface area contributed by atoms with Gasteiger partial charge < -0.3 is 10.1 Å². The number of nitrogens with one attached hydrogen (secondary N) is 2. The van der Waals surface area contributed by atoms with E-state index in [0.29, 0.717) is 40.8 Å². The first kappa shape index (κ1) is 27.0. The second-order valence-corrected chi connectivity index (χ2v) is 18.0. The summed E-state index contributed by atoms with van der Waals surface area (Å²) in [7, 11) is -5.69. The summed E-state index contributed by atoms with van der Waals surface area (Å²) in [6.07, 6.45) is 2.48. The zero-order valence-corrected chi connectivity index (χ0v) is 23.5. The van der Waals surface area contributed by atoms with Gasteiger partial charge in [0.2, 0.25) is 15.0 Å². The molecule has 0 spiro atoms. The van der Waals surface area contributed by atoms with Crippen molar-refractivity contribution in [2.75, 3.05) is 24.8 Å². The van der Waals surface area contributed by atoms with Crippen LogP contribution in [0.1, 0.15) is 54.0 Å². The van der Waals surface area contributed by atoms with Gasteiger partial charge in [-0.15, -0.1) is 5.54 Å². The van der Waals surface area contributed by atoms with Crippen LogP contribution in [0.4, 0.5) is 10.6 Å². The predicted molar refractivity (Wildman–Crippen MR) is 140 cm³/mol. The maximum Gasteiger partial charge on any atom is 0.320 e. The van der Waals surface area contributed by atoms with Gasteiger partial charge in [0.25, 0.3) is 0 Å². The summed E-state index contributed by atoms with van der Waals surface area (Å²) in [5.41, 5.74) is 5.29. The van der Waals surface area contributed by atoms with Gasteiger partial charge in [0.05, 0.1) is 24.1 Å². The average Bonchev–Trinajstić information content (AvgIpc) is 2.70. The second-order valence-electron chi connectivity index (χ2n) is 10.5. The number of fused-ring (bicyclic) bond motifs is 1. The van der Waals surface area contributed by atoms with E-state index in [1.54, 1.807) is 6.07 Å². The molecule has 1 fully saturated rings. The molecular formula is C24H35N5O4SSi. The molecular weight excluding hydrogens is 482 g/mol. The number of hydrogen-bond acceptors (Lipinski definition) is 7. The lowest BCUT2D eigenvalue weighted by Gasteiger charge is -2.38. The molecule has 3 rings (SSSR count). The van der Waals surface area contributed by atoms with Gasteiger partial charge in [-0.25, -0.2) is 23.2 Å². The summed E-state index contributed by atoms with van der Waals surface area (Å²) in [4.78, 5) is 25.2. The van der Waals surface area contributed by atoms with Gasteiger partial charge >= 0.3 is 6.03 Å². The van der Waals surface area contributed by atoms with Gasteiger partial charge in [0.15, 0.2) is 5.65 Å². The molecule has 9 nitrogen and oxygen atoms in total. The number of hydrogen-bond donors (Lipinski definition) is 2. The third kappa shape index (κ3) is 5.65. The second kappa shape index (κ2) is 9.83. The van der Waals surface area contributed by atoms with Crippen LogP contribution in [0.3, 0.4) is 0 Å². The Morgan fingerprint density at radius 1 is 1.11 bits per heavy atom. The monoisotopic (exact) mass is 517 g/mol. The third-order valence-corrected chi connectivity index (χ3v) is 13.8. The Labute approximate surface area is 208 Å². The van der Waals surface area contributed by atoms with E-state index in [9.17, 15) is 13.2 Å². The maximum atomic E-state index is 12.6. The molecule has 2 aromatic heterocycles. The molecule has 190 valence electrons. The van der Waals surface area contributed by atoms with E-state index in [4.69, 9.17) is 4.74 Å². The van der Waals surface area contributed by atoms with E-state index in [1.807, 2.05) is 6.92 Å². The molecule has 2 aromatic rings. The van der Waals surface area contributed by atoms with Crippen molar-refractivity contribution >= 4 is 40.8 Å². The van der Waals surface area contributed by atoms with Gasteiger partial charge in [0, 0.05) is 18.0 Å². The highest BCUT2D eigenvalue weighted by molar-refractivity contribution is 7.90. The number of carbonyl (C=O) groups excluding carboxylic acids is 1. The lowest BCUT2D eigenvalue weighted by Crippen LogP contribution is -2.60. The fourth-order valence-electron chi connectivity index (χ4n) is 4.85. The summed E-state index contributed by atoms with van der Waals surface area (Å²) in [6.45, 7) is 16.1. The Morgan fingerprint density at radius 3 is 2.20 bits per heavy atom. The van der Waals surface area contributed by atoms with Crippen molar-refractivity contribution in [3.8, 4) is 11.5 Å². The van der Waals surface area contributed by atoms with Gasteiger partial charge in [-0.3, -0.25) is 5.32 Å². The summed E-state index contributed by atoms with van der Waals surface area (Å²) >= 11 is 0. The Bertz CT molecular complexity index is 1270. The van der Waals surface area contributed by atoms with E-state index in [0.717, 1.165) is 6.26 Å². The Hall–Kier alpha value is -2.55. The SMILES string of the molecule is CC(C)[Si](C#Cc1cc(NC(=O)NC2(C)COC2)nc2nc(S(C)(=O)=O)ncc12)(C(C)C)C(C)C. The maximum absolute atomic E-state index is 12.6. The number of urea groups is 1. The number of nitrogens with zero attached hydrogens (tertiary/aromatic N) is 3. The Kier molecular flexibility index (Phi) is 7.60. The minimum atomic E-state index is -3.64. The van der Waals surface area contributed by atoms with Crippen molar-refractivity contribution in [2.24, 2.45) is 0 Å². The van der Waals surface area contributed by atoms with Crippen LogP contribution in [0.15, 0.2) is 17.4 Å². The quantitative estimate of drug-likeness (QED) is 0.338. The lowest BCUT2D eigenvalue weighted by atomic mass is 10.0. The largest absolute Gasteiger partial charge is 0.376 e. The molecule has 0 atom stereocenters. The molecule has 0 aliphatic carbocycles. The smallest absolute Gasteiger partial charge is 0.320 e. The summed E-state index contributed by atoms with van der Waals surface area (Å²) in [6, 6.07) is 1.26. The lowest BCUT2D eigenvalue weighted by molar-refractivity contribution is -0.0567. The minimum absolute atomic E-state index is 0.159. The molecule has 0 unspecified atom stereocenters. The Balaban J connectivity index is 2.14. The number of rotatable bonds is 6. The molecule has 35 heavy (non-hydrogen) atoms. The number of ether oxygens (including phenoxy) is 1. The molecule has 0 saturated carbocycles. The molecule has 1 aliphatic rings. The van der Waals surface area contributed by atoms with E-state index >= 15 is 0 Å². The molecule has 0 aromatic carbocycles. The highest BCUT2D eigenvalue weighted by Crippen LogP contribution is 2.41. The minimum Gasteiger partial charge on any atom is -0.376 e. The van der Waals surface area contributed by atoms with E-state index in [2.05, 4.69) is 78.6 Å². The number of sulfone groups is 1. The van der Waals surface area contributed by atoms with Crippen LogP contribution in [0, 0.1) is 11.5 Å². The first-order valence-electron chi connectivity index (χ1n) is 11.8. The predicted octanol–water partition coefficient (Wildman–Crippen LogP) is 3.91. The number of amides is 2. The molecule has 0 bridgehead atoms. The van der Waals surface area contributed by atoms with Crippen LogP contribution >= 0.6 is 0 Å². The van der Waals surface area contributed by atoms with Crippen LogP contribution in [0.5, 0.6) is 0 Å². The molecule has 2 N–H and O–H groups in total. The number of anilines is 1. The number of pyridine rings is 1. The fraction of sp³-hybridized carbons (Fsp3) is 0.583. The van der Waals surface area contributed by atoms with Gasteiger partial charge in [-0.05, 0) is 29.6 Å². The van der Waals surface area contributed by atoms with Crippen molar-refractivity contribution in [1.29, 1.82) is 0 Å². The summed E-state index contributed by atoms with van der Waals surface area (Å²) in [5, 5.41) is 5.82. The summed E-state index contributed by atoms with van der Waals surface area (Å²) < 4.78 is 29.3. The molecule has 1 aliphatic heterocycles. The van der Waals surface area contributed by atoms with Crippen LogP contribution < -0.4 is 10.6 Å². The number of carbonyl (C=O) groups is 1. The van der Waals surface area contributed by atoms with Crippen molar-refractivity contribution in [1.82, 2.24) is 20.3 Å². The van der Waals surface area contributed by atoms with Crippen LogP contribution in [-0.2, 0) is 14.6 Å². The number of aromatic nitrogens is 3. The molecule has 2 amide bonds. The van der Waals surface area contributed by atoms with Gasteiger partial charge in [0.1, 0.15) is 13.9 Å². The fourth-order valence-corrected chi connectivity index (χ4v) is 10.6.